The third kappa shape index (κ3) is 5.74. The number of halogens is 6. The summed E-state index contributed by atoms with van der Waals surface area (Å²) in [6.07, 6.45) is -6.68. The Morgan fingerprint density at radius 1 is 1.00 bits per heavy atom. The number of aromatic nitrogens is 2. The number of alkyl halides is 6. The van der Waals surface area contributed by atoms with Crippen LogP contribution in [-0.4, -0.2) is 69.5 Å². The van der Waals surface area contributed by atoms with Gasteiger partial charge in [0.1, 0.15) is 12.1 Å². The summed E-state index contributed by atoms with van der Waals surface area (Å²) >= 11 is 1.32. The number of amidine groups is 1. The van der Waals surface area contributed by atoms with E-state index in [0.717, 1.165) is 23.6 Å². The van der Waals surface area contributed by atoms with E-state index in [0.29, 0.717) is 44.7 Å². The molecule has 3 heterocycles. The van der Waals surface area contributed by atoms with Crippen molar-refractivity contribution in [2.75, 3.05) is 27.2 Å². The number of hydrogen-bond donors (Lipinski definition) is 0. The largest absolute Gasteiger partial charge is 0.416 e. The minimum Gasteiger partial charge on any atom is -0.339 e. The van der Waals surface area contributed by atoms with Gasteiger partial charge in [0.05, 0.1) is 61.5 Å². The Balaban J connectivity index is 1.36. The number of hydrogen-bond acceptors (Lipinski definition) is 4. The highest BCUT2D eigenvalue weighted by Crippen LogP contribution is 2.38. The Labute approximate surface area is 236 Å². The Morgan fingerprint density at radius 2 is 1.68 bits per heavy atom. The normalized spacial score (nSPS) is 22.6. The van der Waals surface area contributed by atoms with E-state index < -0.39 is 23.5 Å². The molecule has 5 rings (SSSR count). The lowest BCUT2D eigenvalue weighted by Crippen LogP contribution is -2.65. The number of likely N-dealkylation sites (N-methyl/N-ethyl adjacent to an activating group) is 1. The molecule has 0 bridgehead atoms. The first-order chi connectivity index (χ1) is 19.0. The van der Waals surface area contributed by atoms with Crippen molar-refractivity contribution in [2.45, 2.75) is 44.8 Å². The number of carbonyl (C=O) groups is 1. The molecule has 1 fully saturated rings. The zero-order valence-corrected chi connectivity index (χ0v) is 23.5. The maximum atomic E-state index is 13.6. The second-order valence-electron chi connectivity index (χ2n) is 11.0. The predicted molar refractivity (Wildman–Crippen MR) is 146 cm³/mol. The molecule has 13 heteroatoms. The van der Waals surface area contributed by atoms with Gasteiger partial charge >= 0.3 is 12.4 Å². The first kappa shape index (κ1) is 29.2. The van der Waals surface area contributed by atoms with Crippen molar-refractivity contribution in [3.05, 3.63) is 69.8 Å². The standard InChI is InChI=1S/C28H28F6N5OS/c1-16-13-37(14-17(2)39(16,3)4)26-36-25(40)24(41-26)10-18-5-8-23-20(9-18)12-35-38(23)15-19-6-7-21(27(29,30)31)11-22(19)28(32,33)34/h5-12,16-17H,13-15H2,1-4H3/q+1/t16-,17+. The lowest BCUT2D eigenvalue weighted by Gasteiger charge is -2.49. The van der Waals surface area contributed by atoms with Crippen molar-refractivity contribution >= 4 is 39.8 Å². The van der Waals surface area contributed by atoms with Crippen LogP contribution in [0.15, 0.2) is 52.5 Å². The van der Waals surface area contributed by atoms with Crippen LogP contribution in [0.1, 0.15) is 36.1 Å². The number of amides is 1. The molecule has 41 heavy (non-hydrogen) atoms. The van der Waals surface area contributed by atoms with E-state index in [2.05, 4.69) is 42.9 Å². The highest BCUT2D eigenvalue weighted by Gasteiger charge is 2.41. The van der Waals surface area contributed by atoms with Crippen molar-refractivity contribution in [3.63, 3.8) is 0 Å². The number of quaternary nitrogens is 1. The van der Waals surface area contributed by atoms with Gasteiger partial charge in [-0.25, -0.2) is 0 Å². The molecular formula is C28H28F6N5OS+. The SMILES string of the molecule is C[C@@H]1CN(C2=NC(=O)C(=Cc3ccc4c(cnn4Cc4ccc(C(F)(F)F)cc4C(F)(F)F)c3)S2)C[C@H](C)[N+]1(C)C. The molecule has 0 radical (unpaired) electrons. The van der Waals surface area contributed by atoms with E-state index in [9.17, 15) is 31.1 Å². The number of nitrogens with zero attached hydrogens (tertiary/aromatic N) is 5. The van der Waals surface area contributed by atoms with Crippen molar-refractivity contribution in [2.24, 2.45) is 4.99 Å². The summed E-state index contributed by atoms with van der Waals surface area (Å²) in [5.41, 5.74) is -1.87. The predicted octanol–water partition coefficient (Wildman–Crippen LogP) is 6.26. The third-order valence-corrected chi connectivity index (χ3v) is 9.19. The van der Waals surface area contributed by atoms with Crippen LogP contribution in [-0.2, 0) is 23.7 Å². The molecule has 2 atom stereocenters. The molecule has 2 aromatic carbocycles. The zero-order chi connectivity index (χ0) is 29.9. The Bertz CT molecular complexity index is 1560. The van der Waals surface area contributed by atoms with Crippen molar-refractivity contribution < 1.29 is 35.6 Å². The molecule has 0 saturated carbocycles. The summed E-state index contributed by atoms with van der Waals surface area (Å²) in [4.78, 5) is 19.6. The van der Waals surface area contributed by atoms with E-state index in [4.69, 9.17) is 0 Å². The van der Waals surface area contributed by atoms with Gasteiger partial charge in [0.25, 0.3) is 5.91 Å². The Kier molecular flexibility index (Phi) is 7.26. The van der Waals surface area contributed by atoms with Gasteiger partial charge in [0, 0.05) is 5.39 Å². The molecule has 3 aromatic rings. The fourth-order valence-electron chi connectivity index (χ4n) is 5.05. The summed E-state index contributed by atoms with van der Waals surface area (Å²) in [7, 11) is 4.40. The first-order valence-electron chi connectivity index (χ1n) is 12.9. The number of rotatable bonds is 3. The fourth-order valence-corrected chi connectivity index (χ4v) is 5.98. The lowest BCUT2D eigenvalue weighted by molar-refractivity contribution is -0.939. The average Bonchev–Trinajstić information content (AvgIpc) is 3.44. The van der Waals surface area contributed by atoms with Gasteiger partial charge < -0.3 is 9.38 Å². The average molecular weight is 597 g/mol. The molecule has 2 aliphatic rings. The van der Waals surface area contributed by atoms with Gasteiger partial charge in [-0.1, -0.05) is 12.1 Å². The molecule has 0 spiro atoms. The smallest absolute Gasteiger partial charge is 0.339 e. The van der Waals surface area contributed by atoms with Crippen LogP contribution in [0.4, 0.5) is 26.3 Å². The topological polar surface area (TPSA) is 50.5 Å². The third-order valence-electron chi connectivity index (χ3n) is 8.15. The molecule has 0 unspecified atom stereocenters. The van der Waals surface area contributed by atoms with Gasteiger partial charge in [-0.3, -0.25) is 9.48 Å². The number of benzene rings is 2. The second kappa shape index (κ2) is 10.2. The quantitative estimate of drug-likeness (QED) is 0.204. The molecule has 218 valence electrons. The van der Waals surface area contributed by atoms with Crippen LogP contribution in [0.3, 0.4) is 0 Å². The monoisotopic (exact) mass is 596 g/mol. The van der Waals surface area contributed by atoms with E-state index in [1.165, 1.54) is 22.6 Å². The number of fused-ring (bicyclic) bond motifs is 1. The van der Waals surface area contributed by atoms with Gasteiger partial charge in [0.15, 0.2) is 5.17 Å². The summed E-state index contributed by atoms with van der Waals surface area (Å²) < 4.78 is 82.1. The summed E-state index contributed by atoms with van der Waals surface area (Å²) in [6, 6.07) is 7.44. The van der Waals surface area contributed by atoms with Crippen molar-refractivity contribution in [1.82, 2.24) is 14.7 Å². The van der Waals surface area contributed by atoms with Crippen LogP contribution >= 0.6 is 11.8 Å². The van der Waals surface area contributed by atoms with Crippen molar-refractivity contribution in [1.29, 1.82) is 0 Å². The lowest BCUT2D eigenvalue weighted by atomic mass is 10.0. The van der Waals surface area contributed by atoms with Crippen LogP contribution in [0, 0.1) is 0 Å². The van der Waals surface area contributed by atoms with Gasteiger partial charge in [0.2, 0.25) is 0 Å². The fraction of sp³-hybridized carbons (Fsp3) is 0.393. The molecular weight excluding hydrogens is 568 g/mol. The van der Waals surface area contributed by atoms with Crippen LogP contribution in [0.2, 0.25) is 0 Å². The van der Waals surface area contributed by atoms with E-state index in [1.807, 2.05) is 0 Å². The maximum absolute atomic E-state index is 13.6. The van der Waals surface area contributed by atoms with Gasteiger partial charge in [-0.05, 0) is 67.1 Å². The van der Waals surface area contributed by atoms with Gasteiger partial charge in [-0.2, -0.15) is 36.4 Å². The van der Waals surface area contributed by atoms with Crippen molar-refractivity contribution in [3.8, 4) is 0 Å². The van der Waals surface area contributed by atoms with Gasteiger partial charge in [-0.15, -0.1) is 0 Å². The number of carbonyl (C=O) groups excluding carboxylic acids is 1. The summed E-state index contributed by atoms with van der Waals surface area (Å²) in [5.74, 6) is -0.331. The number of thioether (sulfide) groups is 1. The van der Waals surface area contributed by atoms with Crippen LogP contribution < -0.4 is 0 Å². The number of aliphatic imine (C=N–C) groups is 1. The molecule has 6 nitrogen and oxygen atoms in total. The zero-order valence-electron chi connectivity index (χ0n) is 22.7. The highest BCUT2D eigenvalue weighted by molar-refractivity contribution is 8.18. The molecule has 0 aliphatic carbocycles. The molecule has 0 N–H and O–H groups in total. The first-order valence-corrected chi connectivity index (χ1v) is 13.7. The summed E-state index contributed by atoms with van der Waals surface area (Å²) in [6.45, 7) is 5.55. The molecule has 1 amide bonds. The van der Waals surface area contributed by atoms with E-state index in [1.54, 1.807) is 24.3 Å². The second-order valence-corrected chi connectivity index (χ2v) is 12.0. The Morgan fingerprint density at radius 3 is 2.32 bits per heavy atom. The highest BCUT2D eigenvalue weighted by atomic mass is 32.2. The summed E-state index contributed by atoms with van der Waals surface area (Å²) in [5, 5.41) is 5.45. The maximum Gasteiger partial charge on any atom is 0.416 e. The molecule has 1 aromatic heterocycles. The van der Waals surface area contributed by atoms with Crippen LogP contribution in [0.25, 0.3) is 17.0 Å². The molecule has 2 aliphatic heterocycles. The Hall–Kier alpha value is -3.32. The molecule has 1 saturated heterocycles. The van der Waals surface area contributed by atoms with E-state index in [-0.39, 0.29) is 24.1 Å². The van der Waals surface area contributed by atoms with E-state index >= 15 is 0 Å². The number of piperazine rings is 1. The van der Waals surface area contributed by atoms with Crippen LogP contribution in [0.5, 0.6) is 0 Å². The minimum atomic E-state index is -4.97. The minimum absolute atomic E-state index is 0.128.